The molecule has 8 nitrogen and oxygen atoms in total. The average molecular weight is 453 g/mol. The first-order valence-electron chi connectivity index (χ1n) is 9.63. The lowest BCUT2D eigenvalue weighted by atomic mass is 9.96. The number of carboxylic acid groups (broad SMARTS) is 2. The Balaban J connectivity index is 2.02. The summed E-state index contributed by atoms with van der Waals surface area (Å²) in [6, 6.07) is 3.32. The number of aliphatic carboxylic acids is 2. The number of rotatable bonds is 8. The number of carbonyl (C=O) groups is 2. The second kappa shape index (κ2) is 9.84. The van der Waals surface area contributed by atoms with E-state index in [1.165, 1.54) is 18.3 Å². The monoisotopic (exact) mass is 452 g/mol. The Kier molecular flexibility index (Phi) is 7.19. The number of hydrogen-bond acceptors (Lipinski definition) is 6. The van der Waals surface area contributed by atoms with Gasteiger partial charge in [0.25, 0.3) is 5.72 Å². The first kappa shape index (κ1) is 22.6. The van der Waals surface area contributed by atoms with Gasteiger partial charge in [-0.25, -0.2) is 14.0 Å². The van der Waals surface area contributed by atoms with E-state index in [2.05, 4.69) is 10.6 Å². The van der Waals surface area contributed by atoms with Crippen LogP contribution in [0.5, 0.6) is 5.75 Å². The second-order valence-electron chi connectivity index (χ2n) is 7.12. The Labute approximate surface area is 183 Å². The molecular weight excluding hydrogens is 431 g/mol. The number of ether oxygens (including phenoxy) is 2. The molecule has 3 rings (SSSR count). The van der Waals surface area contributed by atoms with Gasteiger partial charge in [0.15, 0.2) is 5.76 Å². The number of dihydropyridines is 1. The maximum absolute atomic E-state index is 13.5. The van der Waals surface area contributed by atoms with Crippen LogP contribution in [-0.2, 0) is 14.3 Å². The number of halogens is 2. The molecule has 1 aromatic carbocycles. The summed E-state index contributed by atoms with van der Waals surface area (Å²) in [5, 5.41) is 25.0. The Morgan fingerprint density at radius 1 is 1.35 bits per heavy atom. The lowest BCUT2D eigenvalue weighted by molar-refractivity contribution is -0.137. The highest BCUT2D eigenvalue weighted by Crippen LogP contribution is 2.36. The molecule has 2 aliphatic rings. The average Bonchev–Trinajstić information content (AvgIpc) is 2.74. The van der Waals surface area contributed by atoms with Crippen molar-refractivity contribution in [1.82, 2.24) is 10.6 Å². The molecule has 0 bridgehead atoms. The van der Waals surface area contributed by atoms with Crippen molar-refractivity contribution in [3.63, 3.8) is 0 Å². The van der Waals surface area contributed by atoms with Crippen LogP contribution < -0.4 is 15.4 Å². The van der Waals surface area contributed by atoms with Gasteiger partial charge in [0.2, 0.25) is 0 Å². The van der Waals surface area contributed by atoms with Gasteiger partial charge in [-0.15, -0.1) is 0 Å². The number of carboxylic acids is 2. The molecule has 1 aromatic rings. The number of allylic oxidation sites excluding steroid dienone is 2. The highest BCUT2D eigenvalue weighted by molar-refractivity contribution is 6.32. The normalized spacial score (nSPS) is 23.5. The Morgan fingerprint density at radius 2 is 2.16 bits per heavy atom. The van der Waals surface area contributed by atoms with Crippen molar-refractivity contribution in [2.45, 2.75) is 18.6 Å². The predicted molar refractivity (Wildman–Crippen MR) is 110 cm³/mol. The van der Waals surface area contributed by atoms with Gasteiger partial charge in [-0.05, 0) is 49.7 Å². The van der Waals surface area contributed by atoms with Crippen molar-refractivity contribution in [1.29, 1.82) is 0 Å². The van der Waals surface area contributed by atoms with Gasteiger partial charge in [0.05, 0.1) is 11.6 Å². The van der Waals surface area contributed by atoms with Crippen LogP contribution in [0.15, 0.2) is 54.0 Å². The molecule has 2 aliphatic heterocycles. The fraction of sp³-hybridized carbons (Fsp3) is 0.333. The van der Waals surface area contributed by atoms with Gasteiger partial charge in [-0.3, -0.25) is 0 Å². The third-order valence-corrected chi connectivity index (χ3v) is 5.18. The second-order valence-corrected chi connectivity index (χ2v) is 7.52. The SMILES string of the molecule is O=C(O)/C=C(/C(=O)O)[C@@]1(Oc2ccc(F)cc2Cl)NC=CC=C1OCC1CCCNC1. The third-order valence-electron chi connectivity index (χ3n) is 4.89. The highest BCUT2D eigenvalue weighted by Gasteiger charge is 2.47. The Hall–Kier alpha value is -3.04. The largest absolute Gasteiger partial charge is 0.491 e. The molecule has 31 heavy (non-hydrogen) atoms. The van der Waals surface area contributed by atoms with Gasteiger partial charge in [0.1, 0.15) is 17.1 Å². The molecule has 1 fully saturated rings. The summed E-state index contributed by atoms with van der Waals surface area (Å²) < 4.78 is 25.4. The molecule has 1 saturated heterocycles. The highest BCUT2D eigenvalue weighted by atomic mass is 35.5. The molecule has 2 heterocycles. The van der Waals surface area contributed by atoms with E-state index in [0.29, 0.717) is 6.08 Å². The minimum absolute atomic E-state index is 0.0378. The fourth-order valence-electron chi connectivity index (χ4n) is 3.42. The number of nitrogens with one attached hydrogen (secondary N) is 2. The van der Waals surface area contributed by atoms with E-state index in [0.717, 1.165) is 38.1 Å². The van der Waals surface area contributed by atoms with E-state index in [-0.39, 0.29) is 29.1 Å². The van der Waals surface area contributed by atoms with E-state index < -0.39 is 29.1 Å². The van der Waals surface area contributed by atoms with Crippen molar-refractivity contribution in [3.05, 3.63) is 64.8 Å². The smallest absolute Gasteiger partial charge is 0.338 e. The number of piperidine rings is 1. The molecule has 0 radical (unpaired) electrons. The van der Waals surface area contributed by atoms with Crippen LogP contribution in [0.3, 0.4) is 0 Å². The van der Waals surface area contributed by atoms with Crippen LogP contribution in [0.4, 0.5) is 4.39 Å². The quantitative estimate of drug-likeness (QED) is 0.445. The van der Waals surface area contributed by atoms with E-state index in [4.69, 9.17) is 21.1 Å². The van der Waals surface area contributed by atoms with Gasteiger partial charge in [-0.2, -0.15) is 0 Å². The van der Waals surface area contributed by atoms with Crippen molar-refractivity contribution in [2.75, 3.05) is 19.7 Å². The van der Waals surface area contributed by atoms with Crippen LogP contribution in [0, 0.1) is 11.7 Å². The van der Waals surface area contributed by atoms with Gasteiger partial charge < -0.3 is 30.3 Å². The summed E-state index contributed by atoms with van der Waals surface area (Å²) in [6.07, 6.45) is 6.89. The van der Waals surface area contributed by atoms with Crippen LogP contribution in [0.1, 0.15) is 12.8 Å². The first-order chi connectivity index (χ1) is 14.8. The number of hydrogen-bond donors (Lipinski definition) is 4. The molecule has 0 spiro atoms. The van der Waals surface area contributed by atoms with E-state index >= 15 is 0 Å². The van der Waals surface area contributed by atoms with E-state index in [1.54, 1.807) is 6.08 Å². The maximum atomic E-state index is 13.5. The van der Waals surface area contributed by atoms with Crippen LogP contribution in [0.2, 0.25) is 5.02 Å². The lowest BCUT2D eigenvalue weighted by Gasteiger charge is -2.38. The number of benzene rings is 1. The molecule has 2 atom stereocenters. The third kappa shape index (κ3) is 5.36. The van der Waals surface area contributed by atoms with Crippen molar-refractivity contribution in [3.8, 4) is 5.75 Å². The molecule has 166 valence electrons. The molecule has 0 saturated carbocycles. The summed E-state index contributed by atoms with van der Waals surface area (Å²) in [4.78, 5) is 23.4. The summed E-state index contributed by atoms with van der Waals surface area (Å²) in [6.45, 7) is 1.92. The minimum atomic E-state index is -2.04. The predicted octanol–water partition coefficient (Wildman–Crippen LogP) is 2.67. The van der Waals surface area contributed by atoms with E-state index in [9.17, 15) is 24.2 Å². The Bertz CT molecular complexity index is 942. The zero-order chi connectivity index (χ0) is 22.4. The molecule has 10 heteroatoms. The molecule has 0 aromatic heterocycles. The standard InChI is InChI=1S/C21H22ClFN2O6/c22-16-9-14(23)5-6-17(16)31-21(15(20(28)29)10-19(26)27)18(4-2-8-25-21)30-12-13-3-1-7-24-11-13/h2,4-6,8-10,13,24-25H,1,3,7,11-12H2,(H,26,27)(H,28,29)/b15-10-/t13?,21-/m0/s1. The van der Waals surface area contributed by atoms with Crippen LogP contribution >= 0.6 is 11.6 Å². The molecular formula is C21H22ClFN2O6. The molecule has 0 amide bonds. The minimum Gasteiger partial charge on any atom is -0.491 e. The molecule has 4 N–H and O–H groups in total. The topological polar surface area (TPSA) is 117 Å². The first-order valence-corrected chi connectivity index (χ1v) is 10.0. The van der Waals surface area contributed by atoms with Crippen molar-refractivity contribution in [2.24, 2.45) is 5.92 Å². The summed E-state index contributed by atoms with van der Waals surface area (Å²) in [5.74, 6) is -3.48. The van der Waals surface area contributed by atoms with Crippen molar-refractivity contribution >= 4 is 23.5 Å². The zero-order valence-corrected chi connectivity index (χ0v) is 17.2. The molecule has 0 aliphatic carbocycles. The fourth-order valence-corrected chi connectivity index (χ4v) is 3.62. The Morgan fingerprint density at radius 3 is 2.81 bits per heavy atom. The molecule has 1 unspecified atom stereocenters. The zero-order valence-electron chi connectivity index (χ0n) is 16.4. The van der Waals surface area contributed by atoms with Gasteiger partial charge in [-0.1, -0.05) is 11.6 Å². The lowest BCUT2D eigenvalue weighted by Crippen LogP contribution is -2.55. The summed E-state index contributed by atoms with van der Waals surface area (Å²) in [5.41, 5.74) is -2.68. The van der Waals surface area contributed by atoms with Crippen molar-refractivity contribution < 1.29 is 33.7 Å². The van der Waals surface area contributed by atoms with Gasteiger partial charge in [0, 0.05) is 24.7 Å². The van der Waals surface area contributed by atoms with Gasteiger partial charge >= 0.3 is 11.9 Å². The maximum Gasteiger partial charge on any atom is 0.338 e. The summed E-state index contributed by atoms with van der Waals surface area (Å²) >= 11 is 6.08. The van der Waals surface area contributed by atoms with Crippen LogP contribution in [0.25, 0.3) is 0 Å². The van der Waals surface area contributed by atoms with E-state index in [1.807, 2.05) is 0 Å². The summed E-state index contributed by atoms with van der Waals surface area (Å²) in [7, 11) is 0. The van der Waals surface area contributed by atoms with Crippen LogP contribution in [-0.4, -0.2) is 47.6 Å².